The summed E-state index contributed by atoms with van der Waals surface area (Å²) in [7, 11) is 0. The number of carboxylic acid groups (broad SMARTS) is 1. The molecule has 0 unspecified atom stereocenters. The van der Waals surface area contributed by atoms with Crippen LogP contribution in [0.25, 0.3) is 0 Å². The Balaban J connectivity index is 2.26. The zero-order chi connectivity index (χ0) is 15.8. The van der Waals surface area contributed by atoms with Crippen molar-refractivity contribution in [3.8, 4) is 0 Å². The highest BCUT2D eigenvalue weighted by Crippen LogP contribution is 2.05. The number of carbonyl (C=O) groups excluding carboxylic acids is 2. The first kappa shape index (κ1) is 16.7. The highest BCUT2D eigenvalue weighted by Gasteiger charge is 2.14. The molecule has 3 N–H and O–H groups in total. The minimum absolute atomic E-state index is 0.218. The number of hydrogen-bond donors (Lipinski definition) is 3. The Labute approximate surface area is 123 Å². The summed E-state index contributed by atoms with van der Waals surface area (Å²) >= 11 is 0. The molecule has 0 spiro atoms. The van der Waals surface area contributed by atoms with Crippen LogP contribution in [-0.4, -0.2) is 35.5 Å². The van der Waals surface area contributed by atoms with Gasteiger partial charge in [-0.1, -0.05) is 29.8 Å². The van der Waals surface area contributed by atoms with Crippen LogP contribution in [-0.2, 0) is 20.8 Å². The van der Waals surface area contributed by atoms with Crippen molar-refractivity contribution in [1.82, 2.24) is 10.6 Å². The van der Waals surface area contributed by atoms with Crippen molar-refractivity contribution in [2.75, 3.05) is 6.54 Å². The van der Waals surface area contributed by atoms with Crippen LogP contribution < -0.4 is 10.6 Å². The molecule has 0 fully saturated rings. The monoisotopic (exact) mass is 292 g/mol. The number of amides is 2. The highest BCUT2D eigenvalue weighted by molar-refractivity contribution is 5.87. The lowest BCUT2D eigenvalue weighted by atomic mass is 10.1. The largest absolute Gasteiger partial charge is 0.480 e. The Morgan fingerprint density at radius 2 is 1.76 bits per heavy atom. The lowest BCUT2D eigenvalue weighted by Gasteiger charge is -2.10. The van der Waals surface area contributed by atoms with Crippen molar-refractivity contribution in [1.29, 1.82) is 0 Å². The first-order chi connectivity index (χ1) is 9.88. The smallest absolute Gasteiger partial charge is 0.325 e. The molecule has 0 bridgehead atoms. The quantitative estimate of drug-likeness (QED) is 0.687. The van der Waals surface area contributed by atoms with Gasteiger partial charge in [0.25, 0.3) is 0 Å². The lowest BCUT2D eigenvalue weighted by Crippen LogP contribution is -2.44. The SMILES string of the molecule is Cc1ccc(CCC(=O)NCC(=O)N[C@H](C)C(=O)O)cc1. The summed E-state index contributed by atoms with van der Waals surface area (Å²) < 4.78 is 0. The second kappa shape index (κ2) is 8.04. The minimum Gasteiger partial charge on any atom is -0.480 e. The summed E-state index contributed by atoms with van der Waals surface area (Å²) in [5.41, 5.74) is 2.21. The van der Waals surface area contributed by atoms with Gasteiger partial charge in [-0.05, 0) is 25.8 Å². The van der Waals surface area contributed by atoms with Crippen molar-refractivity contribution in [2.24, 2.45) is 0 Å². The number of aryl methyl sites for hydroxylation is 2. The number of rotatable bonds is 7. The molecule has 6 heteroatoms. The van der Waals surface area contributed by atoms with E-state index in [1.807, 2.05) is 31.2 Å². The Kier molecular flexibility index (Phi) is 6.39. The Morgan fingerprint density at radius 3 is 2.33 bits per heavy atom. The fourth-order valence-corrected chi connectivity index (χ4v) is 1.63. The Morgan fingerprint density at radius 1 is 1.14 bits per heavy atom. The molecule has 0 aliphatic rings. The molecule has 0 aromatic heterocycles. The van der Waals surface area contributed by atoms with Gasteiger partial charge in [-0.25, -0.2) is 0 Å². The molecule has 0 saturated heterocycles. The van der Waals surface area contributed by atoms with E-state index < -0.39 is 17.9 Å². The van der Waals surface area contributed by atoms with E-state index in [1.54, 1.807) is 0 Å². The third-order valence-electron chi connectivity index (χ3n) is 2.96. The molecule has 0 saturated carbocycles. The fourth-order valence-electron chi connectivity index (χ4n) is 1.63. The number of carbonyl (C=O) groups is 3. The van der Waals surface area contributed by atoms with Gasteiger partial charge < -0.3 is 15.7 Å². The van der Waals surface area contributed by atoms with Crippen LogP contribution >= 0.6 is 0 Å². The normalized spacial score (nSPS) is 11.5. The van der Waals surface area contributed by atoms with Crippen molar-refractivity contribution in [2.45, 2.75) is 32.7 Å². The van der Waals surface area contributed by atoms with Crippen molar-refractivity contribution >= 4 is 17.8 Å². The van der Waals surface area contributed by atoms with E-state index in [0.29, 0.717) is 6.42 Å². The summed E-state index contributed by atoms with van der Waals surface area (Å²) in [6.45, 7) is 3.14. The zero-order valence-electron chi connectivity index (χ0n) is 12.2. The topological polar surface area (TPSA) is 95.5 Å². The predicted octanol–water partition coefficient (Wildman–Crippen LogP) is 0.633. The maximum Gasteiger partial charge on any atom is 0.325 e. The number of hydrogen-bond acceptors (Lipinski definition) is 3. The van der Waals surface area contributed by atoms with Crippen LogP contribution in [0.4, 0.5) is 0 Å². The molecule has 21 heavy (non-hydrogen) atoms. The summed E-state index contributed by atoms with van der Waals surface area (Å²) in [5.74, 6) is -1.88. The van der Waals surface area contributed by atoms with Gasteiger partial charge in [0.15, 0.2) is 0 Å². The molecule has 2 amide bonds. The van der Waals surface area contributed by atoms with Crippen LogP contribution in [0.5, 0.6) is 0 Å². The van der Waals surface area contributed by atoms with Crippen LogP contribution in [0.3, 0.4) is 0 Å². The molecular formula is C15H20N2O4. The number of aliphatic carboxylic acids is 1. The first-order valence-electron chi connectivity index (χ1n) is 6.73. The first-order valence-corrected chi connectivity index (χ1v) is 6.73. The number of nitrogens with one attached hydrogen (secondary N) is 2. The lowest BCUT2D eigenvalue weighted by molar-refractivity contribution is -0.141. The number of carboxylic acids is 1. The molecule has 1 atom stereocenters. The zero-order valence-corrected chi connectivity index (χ0v) is 12.2. The standard InChI is InChI=1S/C15H20N2O4/c1-10-3-5-12(6-4-10)7-8-13(18)16-9-14(19)17-11(2)15(20)21/h3-6,11H,7-9H2,1-2H3,(H,16,18)(H,17,19)(H,20,21)/t11-/m1/s1. The van der Waals surface area contributed by atoms with Crippen molar-refractivity contribution in [3.05, 3.63) is 35.4 Å². The third-order valence-corrected chi connectivity index (χ3v) is 2.96. The van der Waals surface area contributed by atoms with Gasteiger partial charge in [0.05, 0.1) is 6.54 Å². The molecule has 0 aliphatic carbocycles. The van der Waals surface area contributed by atoms with Gasteiger partial charge in [0, 0.05) is 6.42 Å². The second-order valence-corrected chi connectivity index (χ2v) is 4.89. The summed E-state index contributed by atoms with van der Waals surface area (Å²) in [6.07, 6.45) is 0.879. The molecule has 6 nitrogen and oxygen atoms in total. The molecule has 1 rings (SSSR count). The van der Waals surface area contributed by atoms with E-state index in [9.17, 15) is 14.4 Å². The van der Waals surface area contributed by atoms with E-state index in [4.69, 9.17) is 5.11 Å². The van der Waals surface area contributed by atoms with Gasteiger partial charge >= 0.3 is 5.97 Å². The molecule has 0 radical (unpaired) electrons. The molecular weight excluding hydrogens is 272 g/mol. The van der Waals surface area contributed by atoms with E-state index in [0.717, 1.165) is 11.1 Å². The number of benzene rings is 1. The molecule has 1 aromatic carbocycles. The van der Waals surface area contributed by atoms with Gasteiger partial charge in [-0.2, -0.15) is 0 Å². The average Bonchev–Trinajstić information content (AvgIpc) is 2.44. The van der Waals surface area contributed by atoms with Gasteiger partial charge in [-0.3, -0.25) is 14.4 Å². The van der Waals surface area contributed by atoms with Crippen molar-refractivity contribution < 1.29 is 19.5 Å². The van der Waals surface area contributed by atoms with Crippen LogP contribution in [0, 0.1) is 6.92 Å². The van der Waals surface area contributed by atoms with E-state index in [-0.39, 0.29) is 18.9 Å². The average molecular weight is 292 g/mol. The summed E-state index contributed by atoms with van der Waals surface area (Å²) in [5, 5.41) is 13.4. The molecule has 114 valence electrons. The van der Waals surface area contributed by atoms with E-state index >= 15 is 0 Å². The maximum absolute atomic E-state index is 11.6. The Hall–Kier alpha value is -2.37. The van der Waals surface area contributed by atoms with Crippen LogP contribution in [0.2, 0.25) is 0 Å². The fraction of sp³-hybridized carbons (Fsp3) is 0.400. The Bertz CT molecular complexity index is 511. The summed E-state index contributed by atoms with van der Waals surface area (Å²) in [6, 6.07) is 6.91. The van der Waals surface area contributed by atoms with Crippen molar-refractivity contribution in [3.63, 3.8) is 0 Å². The third kappa shape index (κ3) is 6.56. The summed E-state index contributed by atoms with van der Waals surface area (Å²) in [4.78, 5) is 33.5. The van der Waals surface area contributed by atoms with E-state index in [2.05, 4.69) is 10.6 Å². The van der Waals surface area contributed by atoms with Crippen LogP contribution in [0.1, 0.15) is 24.5 Å². The van der Waals surface area contributed by atoms with Crippen LogP contribution in [0.15, 0.2) is 24.3 Å². The predicted molar refractivity (Wildman–Crippen MR) is 77.8 cm³/mol. The molecule has 0 heterocycles. The maximum atomic E-state index is 11.6. The van der Waals surface area contributed by atoms with Gasteiger partial charge in [0.1, 0.15) is 6.04 Å². The highest BCUT2D eigenvalue weighted by atomic mass is 16.4. The van der Waals surface area contributed by atoms with E-state index in [1.165, 1.54) is 6.92 Å². The minimum atomic E-state index is -1.12. The molecule has 0 aliphatic heterocycles. The van der Waals surface area contributed by atoms with Gasteiger partial charge in [0.2, 0.25) is 11.8 Å². The van der Waals surface area contributed by atoms with Gasteiger partial charge in [-0.15, -0.1) is 0 Å². The second-order valence-electron chi connectivity index (χ2n) is 4.89. The molecule has 1 aromatic rings.